The molecule has 0 radical (unpaired) electrons. The lowest BCUT2D eigenvalue weighted by Crippen LogP contribution is -2.22. The Morgan fingerprint density at radius 3 is 2.96 bits per heavy atom. The summed E-state index contributed by atoms with van der Waals surface area (Å²) in [4.78, 5) is 21.0. The number of fused-ring (bicyclic) bond motifs is 1. The number of nitrogens with zero attached hydrogens (tertiary/aromatic N) is 2. The number of anilines is 1. The monoisotopic (exact) mass is 359 g/mol. The first-order valence-electron chi connectivity index (χ1n) is 7.40. The number of rotatable bonds is 5. The van der Waals surface area contributed by atoms with Gasteiger partial charge in [-0.05, 0) is 31.5 Å². The van der Waals surface area contributed by atoms with E-state index in [0.717, 1.165) is 27.2 Å². The number of hydrogen-bond acceptors (Lipinski definition) is 6. The SMILES string of the molecule is COc1cccc2c(C)cc(S[C@@H](C)C(=O)Nc3nccs3)nc12. The standard InChI is InChI=1S/C17H17N3O2S2/c1-10-9-14(19-15-12(10)5-4-6-13(15)22-3)24-11(2)16(21)20-17-18-7-8-23-17/h4-9,11H,1-3H3,(H,18,20,21)/t11-/m0/s1. The summed E-state index contributed by atoms with van der Waals surface area (Å²) in [6, 6.07) is 7.86. The molecule has 2 aromatic heterocycles. The van der Waals surface area contributed by atoms with Gasteiger partial charge in [0.05, 0.1) is 17.4 Å². The number of hydrogen-bond donors (Lipinski definition) is 1. The number of thiazole rings is 1. The van der Waals surface area contributed by atoms with E-state index in [2.05, 4.69) is 15.3 Å². The van der Waals surface area contributed by atoms with Gasteiger partial charge in [-0.3, -0.25) is 4.79 Å². The second-order valence-corrected chi connectivity index (χ2v) is 7.48. The molecule has 0 saturated heterocycles. The summed E-state index contributed by atoms with van der Waals surface area (Å²) in [5.74, 6) is 0.646. The average Bonchev–Trinajstić information content (AvgIpc) is 3.07. The molecule has 0 aliphatic carbocycles. The summed E-state index contributed by atoms with van der Waals surface area (Å²) in [7, 11) is 1.63. The van der Waals surface area contributed by atoms with Gasteiger partial charge in [-0.25, -0.2) is 9.97 Å². The first-order chi connectivity index (χ1) is 11.6. The molecule has 3 rings (SSSR count). The van der Waals surface area contributed by atoms with Gasteiger partial charge in [-0.2, -0.15) is 0 Å². The highest BCUT2D eigenvalue weighted by atomic mass is 32.2. The molecule has 5 nitrogen and oxygen atoms in total. The van der Waals surface area contributed by atoms with Crippen LogP contribution >= 0.6 is 23.1 Å². The lowest BCUT2D eigenvalue weighted by molar-refractivity contribution is -0.115. The highest BCUT2D eigenvalue weighted by molar-refractivity contribution is 8.00. The Morgan fingerprint density at radius 1 is 1.42 bits per heavy atom. The molecule has 0 saturated carbocycles. The Morgan fingerprint density at radius 2 is 2.25 bits per heavy atom. The molecule has 1 atom stereocenters. The molecule has 0 fully saturated rings. The van der Waals surface area contributed by atoms with E-state index in [1.807, 2.05) is 43.5 Å². The van der Waals surface area contributed by atoms with E-state index in [4.69, 9.17) is 4.74 Å². The van der Waals surface area contributed by atoms with Crippen molar-refractivity contribution in [3.63, 3.8) is 0 Å². The predicted octanol–water partition coefficient (Wildman–Crippen LogP) is 4.13. The summed E-state index contributed by atoms with van der Waals surface area (Å²) >= 11 is 2.82. The molecule has 0 aliphatic rings. The second-order valence-electron chi connectivity index (χ2n) is 5.22. The summed E-state index contributed by atoms with van der Waals surface area (Å²) in [6.07, 6.45) is 1.67. The van der Waals surface area contributed by atoms with Crippen molar-refractivity contribution >= 4 is 45.0 Å². The van der Waals surface area contributed by atoms with Crippen LogP contribution in [0.2, 0.25) is 0 Å². The van der Waals surface area contributed by atoms with Crippen LogP contribution in [0.25, 0.3) is 10.9 Å². The lowest BCUT2D eigenvalue weighted by atomic mass is 10.1. The highest BCUT2D eigenvalue weighted by Gasteiger charge is 2.17. The third-order valence-electron chi connectivity index (χ3n) is 3.53. The minimum Gasteiger partial charge on any atom is -0.494 e. The molecule has 3 aromatic rings. The van der Waals surface area contributed by atoms with Crippen LogP contribution in [0.1, 0.15) is 12.5 Å². The maximum absolute atomic E-state index is 12.3. The third-order valence-corrected chi connectivity index (χ3v) is 5.24. The minimum atomic E-state index is -0.284. The maximum Gasteiger partial charge on any atom is 0.239 e. The molecule has 24 heavy (non-hydrogen) atoms. The summed E-state index contributed by atoms with van der Waals surface area (Å²) in [6.45, 7) is 3.89. The summed E-state index contributed by atoms with van der Waals surface area (Å²) in [5.41, 5.74) is 1.92. The van der Waals surface area contributed by atoms with Gasteiger partial charge in [0.15, 0.2) is 5.13 Å². The summed E-state index contributed by atoms with van der Waals surface area (Å²) < 4.78 is 5.40. The Labute approximate surface area is 148 Å². The van der Waals surface area contributed by atoms with E-state index in [1.54, 1.807) is 13.3 Å². The molecule has 7 heteroatoms. The molecule has 0 aliphatic heterocycles. The molecule has 2 heterocycles. The lowest BCUT2D eigenvalue weighted by Gasteiger charge is -2.12. The quantitative estimate of drug-likeness (QED) is 0.694. The number of aryl methyl sites for hydroxylation is 1. The molecule has 0 spiro atoms. The van der Waals surface area contributed by atoms with Crippen LogP contribution in [-0.4, -0.2) is 28.2 Å². The molecule has 1 aromatic carbocycles. The van der Waals surface area contributed by atoms with E-state index in [9.17, 15) is 4.79 Å². The van der Waals surface area contributed by atoms with E-state index >= 15 is 0 Å². The van der Waals surface area contributed by atoms with Crippen LogP contribution in [0.5, 0.6) is 5.75 Å². The Kier molecular flexibility index (Phi) is 5.01. The first-order valence-corrected chi connectivity index (χ1v) is 9.16. The number of thioether (sulfide) groups is 1. The van der Waals surface area contributed by atoms with Gasteiger partial charge in [-0.15, -0.1) is 11.3 Å². The molecule has 0 bridgehead atoms. The largest absolute Gasteiger partial charge is 0.494 e. The number of amides is 1. The highest BCUT2D eigenvalue weighted by Crippen LogP contribution is 2.31. The number of aromatic nitrogens is 2. The topological polar surface area (TPSA) is 64.1 Å². The summed E-state index contributed by atoms with van der Waals surface area (Å²) in [5, 5.41) is 6.81. The number of pyridine rings is 1. The van der Waals surface area contributed by atoms with E-state index in [0.29, 0.717) is 5.13 Å². The van der Waals surface area contributed by atoms with Crippen LogP contribution < -0.4 is 10.1 Å². The van der Waals surface area contributed by atoms with E-state index < -0.39 is 0 Å². The fourth-order valence-electron chi connectivity index (χ4n) is 2.31. The number of benzene rings is 1. The van der Waals surface area contributed by atoms with Gasteiger partial charge in [0.25, 0.3) is 0 Å². The zero-order valence-corrected chi connectivity index (χ0v) is 15.2. The van der Waals surface area contributed by atoms with Crippen molar-refractivity contribution in [1.82, 2.24) is 9.97 Å². The molecule has 1 N–H and O–H groups in total. The van der Waals surface area contributed by atoms with Crippen molar-refractivity contribution < 1.29 is 9.53 Å². The van der Waals surface area contributed by atoms with Crippen molar-refractivity contribution in [3.05, 3.63) is 41.4 Å². The maximum atomic E-state index is 12.3. The predicted molar refractivity (Wildman–Crippen MR) is 99.1 cm³/mol. The number of carbonyl (C=O) groups excluding carboxylic acids is 1. The van der Waals surface area contributed by atoms with Crippen molar-refractivity contribution in [2.24, 2.45) is 0 Å². The molecule has 124 valence electrons. The van der Waals surface area contributed by atoms with Crippen molar-refractivity contribution in [2.45, 2.75) is 24.1 Å². The zero-order chi connectivity index (χ0) is 17.1. The van der Waals surface area contributed by atoms with Gasteiger partial charge in [-0.1, -0.05) is 23.9 Å². The Bertz CT molecular complexity index is 866. The third kappa shape index (κ3) is 3.52. The average molecular weight is 359 g/mol. The van der Waals surface area contributed by atoms with Gasteiger partial charge in [0, 0.05) is 17.0 Å². The second kappa shape index (κ2) is 7.19. The number of para-hydroxylation sites is 1. The van der Waals surface area contributed by atoms with Crippen molar-refractivity contribution in [2.75, 3.05) is 12.4 Å². The fraction of sp³-hybridized carbons (Fsp3) is 0.235. The van der Waals surface area contributed by atoms with E-state index in [1.165, 1.54) is 23.1 Å². The van der Waals surface area contributed by atoms with Crippen molar-refractivity contribution in [3.8, 4) is 5.75 Å². The van der Waals surface area contributed by atoms with Crippen molar-refractivity contribution in [1.29, 1.82) is 0 Å². The number of nitrogens with one attached hydrogen (secondary N) is 1. The zero-order valence-electron chi connectivity index (χ0n) is 13.6. The fourth-order valence-corrected chi connectivity index (χ4v) is 3.76. The van der Waals surface area contributed by atoms with Crippen LogP contribution in [0.15, 0.2) is 40.9 Å². The van der Waals surface area contributed by atoms with Gasteiger partial charge in [0.1, 0.15) is 11.3 Å². The van der Waals surface area contributed by atoms with Crippen LogP contribution in [0, 0.1) is 6.92 Å². The molecule has 1 amide bonds. The normalized spacial score (nSPS) is 12.1. The molecular weight excluding hydrogens is 342 g/mol. The van der Waals surface area contributed by atoms with Crippen LogP contribution in [0.4, 0.5) is 5.13 Å². The van der Waals surface area contributed by atoms with Crippen LogP contribution in [-0.2, 0) is 4.79 Å². The van der Waals surface area contributed by atoms with Crippen LogP contribution in [0.3, 0.4) is 0 Å². The number of carbonyl (C=O) groups is 1. The van der Waals surface area contributed by atoms with E-state index in [-0.39, 0.29) is 11.2 Å². The number of ether oxygens (including phenoxy) is 1. The Hall–Kier alpha value is -2.12. The number of methoxy groups -OCH3 is 1. The smallest absolute Gasteiger partial charge is 0.239 e. The van der Waals surface area contributed by atoms with Gasteiger partial charge >= 0.3 is 0 Å². The molecular formula is C17H17N3O2S2. The van der Waals surface area contributed by atoms with Gasteiger partial charge < -0.3 is 10.1 Å². The first kappa shape index (κ1) is 16.7. The molecule has 0 unspecified atom stereocenters. The Balaban J connectivity index is 1.83. The van der Waals surface area contributed by atoms with Gasteiger partial charge in [0.2, 0.25) is 5.91 Å². The minimum absolute atomic E-state index is 0.0884.